The molecule has 0 spiro atoms. The summed E-state index contributed by atoms with van der Waals surface area (Å²) >= 11 is 5.98. The Bertz CT molecular complexity index is 1050. The summed E-state index contributed by atoms with van der Waals surface area (Å²) in [6, 6.07) is 16.1. The van der Waals surface area contributed by atoms with Crippen LogP contribution in [-0.4, -0.2) is 23.4 Å². The van der Waals surface area contributed by atoms with Gasteiger partial charge in [0.05, 0.1) is 16.1 Å². The highest BCUT2D eigenvalue weighted by Crippen LogP contribution is 2.40. The van der Waals surface area contributed by atoms with Gasteiger partial charge in [-0.1, -0.05) is 41.9 Å². The first-order valence-corrected chi connectivity index (χ1v) is 9.36. The molecule has 3 aromatic rings. The third-order valence-corrected chi connectivity index (χ3v) is 4.80. The van der Waals surface area contributed by atoms with Crippen LogP contribution in [-0.2, 0) is 4.79 Å². The van der Waals surface area contributed by atoms with Crippen molar-refractivity contribution >= 4 is 34.3 Å². The van der Waals surface area contributed by atoms with E-state index in [2.05, 4.69) is 15.8 Å². The van der Waals surface area contributed by atoms with E-state index in [1.165, 1.54) is 0 Å². The molecule has 28 heavy (non-hydrogen) atoms. The van der Waals surface area contributed by atoms with Crippen molar-refractivity contribution in [3.8, 4) is 5.75 Å². The molecule has 1 saturated carbocycles. The fourth-order valence-electron chi connectivity index (χ4n) is 2.91. The van der Waals surface area contributed by atoms with Gasteiger partial charge in [0.25, 0.3) is 11.8 Å². The fraction of sp³-hybridized carbons (Fsp3) is 0.190. The van der Waals surface area contributed by atoms with Gasteiger partial charge in [0.2, 0.25) is 0 Å². The van der Waals surface area contributed by atoms with Crippen LogP contribution in [0.5, 0.6) is 5.75 Å². The van der Waals surface area contributed by atoms with Crippen LogP contribution in [0.4, 0.5) is 0 Å². The molecule has 0 atom stereocenters. The van der Waals surface area contributed by atoms with E-state index in [1.54, 1.807) is 24.3 Å². The van der Waals surface area contributed by atoms with Gasteiger partial charge in [0.1, 0.15) is 5.75 Å². The number of hydrazine groups is 1. The van der Waals surface area contributed by atoms with Gasteiger partial charge in [-0.25, -0.2) is 0 Å². The molecular weight excluding hydrogens is 378 g/mol. The molecule has 4 rings (SSSR count). The van der Waals surface area contributed by atoms with Crippen molar-refractivity contribution in [2.45, 2.75) is 18.8 Å². The first kappa shape index (κ1) is 18.3. The topological polar surface area (TPSA) is 80.3 Å². The third kappa shape index (κ3) is 4.07. The van der Waals surface area contributed by atoms with Crippen molar-refractivity contribution in [1.29, 1.82) is 0 Å². The number of ether oxygens (including phenoxy) is 1. The zero-order valence-corrected chi connectivity index (χ0v) is 15.7. The second-order valence-corrected chi connectivity index (χ2v) is 7.01. The summed E-state index contributed by atoms with van der Waals surface area (Å²) in [5, 5.41) is 1.15. The molecule has 0 radical (unpaired) electrons. The number of para-hydroxylation sites is 2. The zero-order valence-electron chi connectivity index (χ0n) is 14.9. The van der Waals surface area contributed by atoms with E-state index >= 15 is 0 Å². The molecule has 1 fully saturated rings. The van der Waals surface area contributed by atoms with Gasteiger partial charge < -0.3 is 4.74 Å². The number of hydrogen-bond acceptors (Lipinski definition) is 4. The molecule has 1 aliphatic carbocycles. The summed E-state index contributed by atoms with van der Waals surface area (Å²) in [5.41, 5.74) is 6.99. The smallest absolute Gasteiger partial charge is 0.276 e. The number of hydrogen-bond donors (Lipinski definition) is 2. The molecule has 0 bridgehead atoms. The molecule has 1 aliphatic rings. The van der Waals surface area contributed by atoms with Crippen molar-refractivity contribution < 1.29 is 14.3 Å². The standard InChI is InChI=1S/C21H18ClN3O3/c22-16-6-2-4-8-19(16)28-12-20(26)24-25-21(27)15-11-18(13-9-10-13)23-17-7-3-1-5-14(15)17/h1-8,11,13H,9-10,12H2,(H,24,26)(H,25,27). The summed E-state index contributed by atoms with van der Waals surface area (Å²) in [6.45, 7) is -0.269. The number of carbonyl (C=O) groups excluding carboxylic acids is 2. The van der Waals surface area contributed by atoms with Crippen molar-refractivity contribution in [2.24, 2.45) is 0 Å². The molecule has 2 amide bonds. The van der Waals surface area contributed by atoms with E-state index in [4.69, 9.17) is 16.3 Å². The Labute approximate surface area is 166 Å². The lowest BCUT2D eigenvalue weighted by molar-refractivity contribution is -0.123. The number of nitrogens with zero attached hydrogens (tertiary/aromatic N) is 1. The van der Waals surface area contributed by atoms with E-state index in [-0.39, 0.29) is 6.61 Å². The van der Waals surface area contributed by atoms with Gasteiger partial charge in [-0.3, -0.25) is 25.4 Å². The van der Waals surface area contributed by atoms with Gasteiger partial charge in [0, 0.05) is 17.0 Å². The highest BCUT2D eigenvalue weighted by Gasteiger charge is 2.27. The SMILES string of the molecule is O=C(COc1ccccc1Cl)NNC(=O)c1cc(C2CC2)nc2ccccc12. The predicted octanol–water partition coefficient (Wildman–Crippen LogP) is 3.61. The van der Waals surface area contributed by atoms with Crippen molar-refractivity contribution in [2.75, 3.05) is 6.61 Å². The number of pyridine rings is 1. The minimum Gasteiger partial charge on any atom is -0.482 e. The maximum absolute atomic E-state index is 12.7. The number of aromatic nitrogens is 1. The second kappa shape index (κ2) is 7.86. The minimum absolute atomic E-state index is 0.269. The van der Waals surface area contributed by atoms with Crippen molar-refractivity contribution in [3.63, 3.8) is 0 Å². The van der Waals surface area contributed by atoms with Crippen LogP contribution in [0.25, 0.3) is 10.9 Å². The Morgan fingerprint density at radius 1 is 1.07 bits per heavy atom. The fourth-order valence-corrected chi connectivity index (χ4v) is 3.10. The summed E-state index contributed by atoms with van der Waals surface area (Å²) in [7, 11) is 0. The number of benzene rings is 2. The predicted molar refractivity (Wildman–Crippen MR) is 106 cm³/mol. The largest absolute Gasteiger partial charge is 0.482 e. The lowest BCUT2D eigenvalue weighted by atomic mass is 10.1. The van der Waals surface area contributed by atoms with E-state index in [9.17, 15) is 9.59 Å². The maximum Gasteiger partial charge on any atom is 0.276 e. The van der Waals surface area contributed by atoms with Gasteiger partial charge in [-0.15, -0.1) is 0 Å². The van der Waals surface area contributed by atoms with Crippen LogP contribution in [0.15, 0.2) is 54.6 Å². The average molecular weight is 396 g/mol. The van der Waals surface area contributed by atoms with E-state index < -0.39 is 11.8 Å². The van der Waals surface area contributed by atoms with Crippen molar-refractivity contribution in [3.05, 3.63) is 70.9 Å². The number of halogens is 1. The van der Waals surface area contributed by atoms with Gasteiger partial charge in [-0.2, -0.15) is 0 Å². The minimum atomic E-state index is -0.492. The molecule has 7 heteroatoms. The third-order valence-electron chi connectivity index (χ3n) is 4.49. The Morgan fingerprint density at radius 3 is 2.61 bits per heavy atom. The molecule has 1 aromatic heterocycles. The molecule has 2 aromatic carbocycles. The van der Waals surface area contributed by atoms with E-state index in [0.717, 1.165) is 29.4 Å². The number of carbonyl (C=O) groups is 2. The Kier molecular flexibility index (Phi) is 5.12. The first-order valence-electron chi connectivity index (χ1n) is 8.98. The molecular formula is C21H18ClN3O3. The molecule has 1 heterocycles. The van der Waals surface area contributed by atoms with Crippen LogP contribution in [0.3, 0.4) is 0 Å². The quantitative estimate of drug-likeness (QED) is 0.647. The number of nitrogens with one attached hydrogen (secondary N) is 2. The van der Waals surface area contributed by atoms with Crippen LogP contribution >= 0.6 is 11.6 Å². The molecule has 0 unspecified atom stereocenters. The Hall–Kier alpha value is -3.12. The number of fused-ring (bicyclic) bond motifs is 1. The lowest BCUT2D eigenvalue weighted by Gasteiger charge is -2.12. The normalized spacial score (nSPS) is 13.2. The summed E-state index contributed by atoms with van der Waals surface area (Å²) in [4.78, 5) is 29.3. The van der Waals surface area contributed by atoms with Gasteiger partial charge >= 0.3 is 0 Å². The molecule has 2 N–H and O–H groups in total. The molecule has 0 saturated heterocycles. The Balaban J connectivity index is 1.42. The average Bonchev–Trinajstić information content (AvgIpc) is 3.56. The first-order chi connectivity index (χ1) is 13.6. The molecule has 142 valence electrons. The van der Waals surface area contributed by atoms with Crippen LogP contribution in [0.1, 0.15) is 34.8 Å². The highest BCUT2D eigenvalue weighted by molar-refractivity contribution is 6.32. The summed E-state index contributed by atoms with van der Waals surface area (Å²) < 4.78 is 5.36. The molecule has 0 aliphatic heterocycles. The highest BCUT2D eigenvalue weighted by atomic mass is 35.5. The van der Waals surface area contributed by atoms with Crippen LogP contribution in [0.2, 0.25) is 5.02 Å². The molecule has 6 nitrogen and oxygen atoms in total. The van der Waals surface area contributed by atoms with Gasteiger partial charge in [0.15, 0.2) is 6.61 Å². The van der Waals surface area contributed by atoms with Crippen molar-refractivity contribution in [1.82, 2.24) is 15.8 Å². The summed E-state index contributed by atoms with van der Waals surface area (Å²) in [6.07, 6.45) is 2.17. The van der Waals surface area contributed by atoms with Crippen LogP contribution < -0.4 is 15.6 Å². The number of rotatable bonds is 5. The summed E-state index contributed by atoms with van der Waals surface area (Å²) in [5.74, 6) is -0.0738. The number of amides is 2. The monoisotopic (exact) mass is 395 g/mol. The Morgan fingerprint density at radius 2 is 1.82 bits per heavy atom. The van der Waals surface area contributed by atoms with E-state index in [0.29, 0.717) is 22.3 Å². The second-order valence-electron chi connectivity index (χ2n) is 6.61. The maximum atomic E-state index is 12.7. The van der Waals surface area contributed by atoms with E-state index in [1.807, 2.05) is 30.3 Å². The van der Waals surface area contributed by atoms with Crippen LogP contribution in [0, 0.1) is 0 Å². The van der Waals surface area contributed by atoms with Gasteiger partial charge in [-0.05, 0) is 37.1 Å². The zero-order chi connectivity index (χ0) is 19.5. The lowest BCUT2D eigenvalue weighted by Crippen LogP contribution is -2.44.